The van der Waals surface area contributed by atoms with E-state index in [0.717, 1.165) is 13.0 Å². The highest BCUT2D eigenvalue weighted by molar-refractivity contribution is 5.31. The van der Waals surface area contributed by atoms with Crippen molar-refractivity contribution in [3.63, 3.8) is 0 Å². The van der Waals surface area contributed by atoms with Crippen molar-refractivity contribution < 1.29 is 13.5 Å². The van der Waals surface area contributed by atoms with Crippen molar-refractivity contribution in [2.24, 2.45) is 0 Å². The van der Waals surface area contributed by atoms with Gasteiger partial charge in [-0.15, -0.1) is 0 Å². The smallest absolute Gasteiger partial charge is 0.190 e. The maximum atomic E-state index is 13.6. The molecule has 5 heteroatoms. The largest absolute Gasteiger partial charge is 0.488 e. The van der Waals surface area contributed by atoms with Crippen molar-refractivity contribution in [3.8, 4) is 5.75 Å². The minimum absolute atomic E-state index is 0.284. The molecule has 0 atom stereocenters. The topological polar surface area (TPSA) is 24.5 Å². The Labute approximate surface area is 107 Å². The summed E-state index contributed by atoms with van der Waals surface area (Å²) in [5, 5.41) is 2.84. The molecule has 1 aromatic carbocycles. The predicted octanol–water partition coefficient (Wildman–Crippen LogP) is 2.01. The van der Waals surface area contributed by atoms with Crippen LogP contribution < -0.4 is 10.1 Å². The lowest BCUT2D eigenvalue weighted by atomic mass is 10.2. The first kappa shape index (κ1) is 14.9. The number of benzene rings is 1. The van der Waals surface area contributed by atoms with E-state index in [9.17, 15) is 8.78 Å². The Hall–Kier alpha value is -1.20. The van der Waals surface area contributed by atoms with Gasteiger partial charge in [0, 0.05) is 13.1 Å². The van der Waals surface area contributed by atoms with Crippen molar-refractivity contribution in [2.45, 2.75) is 13.0 Å². The van der Waals surface area contributed by atoms with Gasteiger partial charge < -0.3 is 15.0 Å². The zero-order chi connectivity index (χ0) is 13.5. The lowest BCUT2D eigenvalue weighted by molar-refractivity contribution is 0.259. The first-order valence-corrected chi connectivity index (χ1v) is 5.94. The van der Waals surface area contributed by atoms with Gasteiger partial charge in [-0.05, 0) is 45.3 Å². The quantitative estimate of drug-likeness (QED) is 0.757. The fourth-order valence-corrected chi connectivity index (χ4v) is 1.61. The number of hydrogen-bond acceptors (Lipinski definition) is 3. The molecule has 3 nitrogen and oxygen atoms in total. The van der Waals surface area contributed by atoms with Gasteiger partial charge >= 0.3 is 0 Å². The molecule has 18 heavy (non-hydrogen) atoms. The molecule has 0 aliphatic rings. The molecule has 102 valence electrons. The van der Waals surface area contributed by atoms with Crippen LogP contribution in [0, 0.1) is 11.6 Å². The molecular weight excluding hydrogens is 238 g/mol. The molecule has 0 saturated heterocycles. The van der Waals surface area contributed by atoms with E-state index in [0.29, 0.717) is 18.7 Å². The fourth-order valence-electron chi connectivity index (χ4n) is 1.61. The Morgan fingerprint density at radius 1 is 1.22 bits per heavy atom. The van der Waals surface area contributed by atoms with Crippen LogP contribution in [0.25, 0.3) is 0 Å². The van der Waals surface area contributed by atoms with E-state index in [-0.39, 0.29) is 5.75 Å². The van der Waals surface area contributed by atoms with Gasteiger partial charge in [-0.3, -0.25) is 0 Å². The van der Waals surface area contributed by atoms with Crippen molar-refractivity contribution in [2.75, 3.05) is 34.3 Å². The minimum atomic E-state index is -0.648. The zero-order valence-corrected chi connectivity index (χ0v) is 11.1. The molecule has 0 aromatic heterocycles. The van der Waals surface area contributed by atoms with Gasteiger partial charge in [-0.25, -0.2) is 8.78 Å². The van der Waals surface area contributed by atoms with E-state index in [2.05, 4.69) is 5.32 Å². The summed E-state index contributed by atoms with van der Waals surface area (Å²) in [7, 11) is 5.60. The Bertz CT molecular complexity index is 360. The van der Waals surface area contributed by atoms with Gasteiger partial charge in [-0.1, -0.05) is 0 Å². The second kappa shape index (κ2) is 7.28. The SMILES string of the molecule is CNCc1cc(F)c(OCCCN(C)C)c(F)c1. The Morgan fingerprint density at radius 2 is 1.83 bits per heavy atom. The maximum Gasteiger partial charge on any atom is 0.190 e. The first-order valence-electron chi connectivity index (χ1n) is 5.94. The van der Waals surface area contributed by atoms with Crippen molar-refractivity contribution in [1.82, 2.24) is 10.2 Å². The van der Waals surface area contributed by atoms with Crippen LogP contribution in [0.5, 0.6) is 5.75 Å². The lowest BCUT2D eigenvalue weighted by Gasteiger charge is -2.12. The van der Waals surface area contributed by atoms with Crippen LogP contribution in [0.3, 0.4) is 0 Å². The fraction of sp³-hybridized carbons (Fsp3) is 0.538. The van der Waals surface area contributed by atoms with Crippen LogP contribution >= 0.6 is 0 Å². The summed E-state index contributed by atoms with van der Waals surface area (Å²) < 4.78 is 32.4. The lowest BCUT2D eigenvalue weighted by Crippen LogP contribution is -2.16. The number of rotatable bonds is 7. The monoisotopic (exact) mass is 258 g/mol. The molecule has 0 heterocycles. The molecular formula is C13H20F2N2O. The number of nitrogens with one attached hydrogen (secondary N) is 1. The van der Waals surface area contributed by atoms with Gasteiger partial charge in [0.15, 0.2) is 17.4 Å². The third kappa shape index (κ3) is 4.58. The standard InChI is InChI=1S/C13H20F2N2O/c1-16-9-10-7-11(14)13(12(15)8-10)18-6-4-5-17(2)3/h7-8,16H,4-6,9H2,1-3H3. The van der Waals surface area contributed by atoms with Crippen molar-refractivity contribution in [1.29, 1.82) is 0 Å². The molecule has 0 bridgehead atoms. The molecule has 1 rings (SSSR count). The molecule has 0 aliphatic carbocycles. The summed E-state index contributed by atoms with van der Waals surface area (Å²) in [6.45, 7) is 1.55. The summed E-state index contributed by atoms with van der Waals surface area (Å²) in [4.78, 5) is 1.99. The van der Waals surface area contributed by atoms with Crippen molar-refractivity contribution in [3.05, 3.63) is 29.3 Å². The Morgan fingerprint density at radius 3 is 2.33 bits per heavy atom. The number of nitrogens with zero attached hydrogens (tertiary/aromatic N) is 1. The third-order valence-corrected chi connectivity index (χ3v) is 2.44. The van der Waals surface area contributed by atoms with E-state index >= 15 is 0 Å². The maximum absolute atomic E-state index is 13.6. The highest BCUT2D eigenvalue weighted by atomic mass is 19.1. The molecule has 0 saturated carbocycles. The number of hydrogen-bond donors (Lipinski definition) is 1. The second-order valence-corrected chi connectivity index (χ2v) is 4.42. The predicted molar refractivity (Wildman–Crippen MR) is 67.8 cm³/mol. The van der Waals surface area contributed by atoms with E-state index in [1.54, 1.807) is 7.05 Å². The zero-order valence-electron chi connectivity index (χ0n) is 11.1. The summed E-state index contributed by atoms with van der Waals surface area (Å²) in [6, 6.07) is 2.59. The molecule has 0 spiro atoms. The average Bonchev–Trinajstić information content (AvgIpc) is 2.27. The second-order valence-electron chi connectivity index (χ2n) is 4.42. The summed E-state index contributed by atoms with van der Waals surface area (Å²) in [5.41, 5.74) is 0.563. The minimum Gasteiger partial charge on any atom is -0.488 e. The van der Waals surface area contributed by atoms with Crippen LogP contribution in [0.15, 0.2) is 12.1 Å². The molecule has 0 fully saturated rings. The van der Waals surface area contributed by atoms with Crippen LogP contribution in [-0.2, 0) is 6.54 Å². The molecule has 1 N–H and O–H groups in total. The summed E-state index contributed by atoms with van der Waals surface area (Å²) in [5.74, 6) is -1.58. The molecule has 0 unspecified atom stereocenters. The highest BCUT2D eigenvalue weighted by Crippen LogP contribution is 2.23. The van der Waals surface area contributed by atoms with E-state index < -0.39 is 11.6 Å². The highest BCUT2D eigenvalue weighted by Gasteiger charge is 2.12. The van der Waals surface area contributed by atoms with Crippen LogP contribution in [0.2, 0.25) is 0 Å². The Kier molecular flexibility index (Phi) is 6.01. The summed E-state index contributed by atoms with van der Waals surface area (Å²) >= 11 is 0. The van der Waals surface area contributed by atoms with Gasteiger partial charge in [-0.2, -0.15) is 0 Å². The van der Waals surface area contributed by atoms with Crippen LogP contribution in [0.4, 0.5) is 8.78 Å². The van der Waals surface area contributed by atoms with Gasteiger partial charge in [0.2, 0.25) is 0 Å². The molecule has 0 aliphatic heterocycles. The Balaban J connectivity index is 2.60. The molecule has 0 radical (unpaired) electrons. The molecule has 1 aromatic rings. The van der Waals surface area contributed by atoms with Gasteiger partial charge in [0.25, 0.3) is 0 Å². The van der Waals surface area contributed by atoms with E-state index in [1.807, 2.05) is 19.0 Å². The third-order valence-electron chi connectivity index (χ3n) is 2.44. The number of ether oxygens (including phenoxy) is 1. The van der Waals surface area contributed by atoms with Gasteiger partial charge in [0.05, 0.1) is 6.61 Å². The van der Waals surface area contributed by atoms with Crippen LogP contribution in [-0.4, -0.2) is 39.2 Å². The van der Waals surface area contributed by atoms with Gasteiger partial charge in [0.1, 0.15) is 0 Å². The normalized spacial score (nSPS) is 11.0. The van der Waals surface area contributed by atoms with E-state index in [4.69, 9.17) is 4.74 Å². The van der Waals surface area contributed by atoms with E-state index in [1.165, 1.54) is 12.1 Å². The number of halogens is 2. The summed E-state index contributed by atoms with van der Waals surface area (Å²) in [6.07, 6.45) is 0.726. The van der Waals surface area contributed by atoms with Crippen molar-refractivity contribution >= 4 is 0 Å². The molecule has 0 amide bonds. The van der Waals surface area contributed by atoms with Crippen LogP contribution in [0.1, 0.15) is 12.0 Å². The first-order chi connectivity index (χ1) is 8.54. The average molecular weight is 258 g/mol.